The molecule has 3 N–H and O–H groups in total. The molecule has 1 saturated heterocycles. The third-order valence-corrected chi connectivity index (χ3v) is 8.51. The number of aromatic nitrogens is 2. The quantitative estimate of drug-likeness (QED) is 0.257. The van der Waals surface area contributed by atoms with Gasteiger partial charge in [-0.1, -0.05) is 32.0 Å². The van der Waals surface area contributed by atoms with Crippen molar-refractivity contribution in [2.75, 3.05) is 6.54 Å². The van der Waals surface area contributed by atoms with Gasteiger partial charge in [-0.25, -0.2) is 4.39 Å². The van der Waals surface area contributed by atoms with E-state index < -0.39 is 6.04 Å². The average Bonchev–Trinajstić information content (AvgIpc) is 3.28. The highest BCUT2D eigenvalue weighted by atomic mass is 19.1. The van der Waals surface area contributed by atoms with Crippen LogP contribution in [0.3, 0.4) is 0 Å². The summed E-state index contributed by atoms with van der Waals surface area (Å²) in [7, 11) is 0. The molecule has 2 fully saturated rings. The first-order valence-corrected chi connectivity index (χ1v) is 14.3. The molecule has 6 rings (SSSR count). The fraction of sp³-hybridized carbons (Fsp3) is 0.333. The highest BCUT2D eigenvalue weighted by Gasteiger charge is 2.69. The van der Waals surface area contributed by atoms with Crippen molar-refractivity contribution in [2.45, 2.75) is 52.7 Å². The standard InChI is InChI=1S/C19H23N5O3.C14H13FO/c1-11-17-19(11,2)6-15(24(17)16(26)9-21-10-25)18(27)22-8-13-5-12-7-20-4-3-14(12)23-13;1-10-4-3-5-12(8-10)16-14-7-6-11(2)9-13(14)15/h3-5,7,10-11,15,17,23H,6,8-9H2,1-2H3,(H,21,25)(H,22,27);3-9H,1-2H3/t11?,15?,17?,19-;/m1./s1. The number of benzene rings is 2. The molecule has 0 spiro atoms. The van der Waals surface area contributed by atoms with E-state index in [-0.39, 0.29) is 41.4 Å². The molecule has 224 valence electrons. The van der Waals surface area contributed by atoms with E-state index in [0.29, 0.717) is 31.0 Å². The molecule has 1 saturated carbocycles. The third kappa shape index (κ3) is 6.38. The van der Waals surface area contributed by atoms with Crippen LogP contribution in [0, 0.1) is 31.0 Å². The van der Waals surface area contributed by atoms with Crippen molar-refractivity contribution in [2.24, 2.45) is 11.3 Å². The molecule has 4 atom stereocenters. The number of halogens is 1. The van der Waals surface area contributed by atoms with Gasteiger partial charge in [0.05, 0.1) is 13.1 Å². The van der Waals surface area contributed by atoms with Gasteiger partial charge >= 0.3 is 0 Å². The Bertz CT molecular complexity index is 1620. The largest absolute Gasteiger partial charge is 0.454 e. The zero-order valence-corrected chi connectivity index (χ0v) is 24.7. The summed E-state index contributed by atoms with van der Waals surface area (Å²) in [5.74, 6) is 0.576. The zero-order valence-electron chi connectivity index (χ0n) is 24.7. The molecular weight excluding hydrogens is 549 g/mol. The maximum Gasteiger partial charge on any atom is 0.243 e. The summed E-state index contributed by atoms with van der Waals surface area (Å²) in [6, 6.07) is 15.9. The minimum Gasteiger partial charge on any atom is -0.454 e. The predicted octanol–water partition coefficient (Wildman–Crippen LogP) is 4.79. The predicted molar refractivity (Wildman–Crippen MR) is 161 cm³/mol. The fourth-order valence-corrected chi connectivity index (χ4v) is 6.03. The molecule has 3 heterocycles. The number of hydrogen-bond acceptors (Lipinski definition) is 5. The molecule has 3 unspecified atom stereocenters. The molecule has 2 aliphatic rings. The maximum atomic E-state index is 13.5. The second-order valence-electron chi connectivity index (χ2n) is 11.6. The minimum absolute atomic E-state index is 0.0222. The van der Waals surface area contributed by atoms with Crippen LogP contribution in [0.5, 0.6) is 11.5 Å². The number of hydrogen-bond donors (Lipinski definition) is 3. The molecule has 1 aliphatic carbocycles. The van der Waals surface area contributed by atoms with E-state index in [4.69, 9.17) is 4.74 Å². The Morgan fingerprint density at radius 3 is 2.67 bits per heavy atom. The molecular formula is C33H36FN5O4. The van der Waals surface area contributed by atoms with Crippen molar-refractivity contribution in [3.63, 3.8) is 0 Å². The summed E-state index contributed by atoms with van der Waals surface area (Å²) < 4.78 is 19.0. The number of piperidine rings is 1. The molecule has 0 radical (unpaired) electrons. The lowest BCUT2D eigenvalue weighted by Gasteiger charge is -2.28. The van der Waals surface area contributed by atoms with E-state index in [1.165, 1.54) is 6.07 Å². The van der Waals surface area contributed by atoms with Crippen molar-refractivity contribution in [1.82, 2.24) is 25.5 Å². The number of fused-ring (bicyclic) bond motifs is 2. The van der Waals surface area contributed by atoms with Gasteiger partial charge in [-0.3, -0.25) is 19.4 Å². The number of amides is 3. The monoisotopic (exact) mass is 585 g/mol. The van der Waals surface area contributed by atoms with Crippen molar-refractivity contribution in [1.29, 1.82) is 0 Å². The summed E-state index contributed by atoms with van der Waals surface area (Å²) in [5, 5.41) is 6.34. The van der Waals surface area contributed by atoms with E-state index in [0.717, 1.165) is 27.7 Å². The van der Waals surface area contributed by atoms with Gasteiger partial charge in [-0.05, 0) is 79.1 Å². The van der Waals surface area contributed by atoms with E-state index in [2.05, 4.69) is 34.4 Å². The molecule has 9 nitrogen and oxygen atoms in total. The van der Waals surface area contributed by atoms with Crippen molar-refractivity contribution < 1.29 is 23.5 Å². The molecule has 2 aromatic carbocycles. The molecule has 0 bridgehead atoms. The number of carbonyl (C=O) groups excluding carboxylic acids is 3. The number of nitrogens with one attached hydrogen (secondary N) is 3. The lowest BCUT2D eigenvalue weighted by Crippen LogP contribution is -2.50. The van der Waals surface area contributed by atoms with Gasteiger partial charge in [0.2, 0.25) is 18.2 Å². The summed E-state index contributed by atoms with van der Waals surface area (Å²) in [5.41, 5.74) is 3.80. The molecule has 2 aromatic heterocycles. The minimum atomic E-state index is -0.497. The Labute approximate surface area is 249 Å². The lowest BCUT2D eigenvalue weighted by molar-refractivity contribution is -0.139. The topological polar surface area (TPSA) is 116 Å². The van der Waals surface area contributed by atoms with Gasteiger partial charge in [0.1, 0.15) is 11.8 Å². The van der Waals surface area contributed by atoms with Crippen molar-refractivity contribution in [3.05, 3.63) is 89.6 Å². The fourth-order valence-electron chi connectivity index (χ4n) is 6.03. The summed E-state index contributed by atoms with van der Waals surface area (Å²) in [6.45, 7) is 8.31. The normalized spacial score (nSPS) is 21.8. The van der Waals surface area contributed by atoms with Crippen LogP contribution in [0.25, 0.3) is 10.9 Å². The van der Waals surface area contributed by atoms with Crippen LogP contribution in [0.15, 0.2) is 67.0 Å². The molecule has 4 aromatic rings. The maximum absolute atomic E-state index is 13.5. The summed E-state index contributed by atoms with van der Waals surface area (Å²) in [4.78, 5) is 44.9. The zero-order chi connectivity index (χ0) is 30.7. The SMILES string of the molecule is CC1C2N(C(=O)CNC=O)C(C(=O)NCc3cc4cnccc4[nH]3)C[C@]12C.Cc1cccc(Oc2ccc(C)cc2F)c1. The highest BCUT2D eigenvalue weighted by molar-refractivity contribution is 5.91. The van der Waals surface area contributed by atoms with Crippen LogP contribution in [0.4, 0.5) is 4.39 Å². The van der Waals surface area contributed by atoms with Crippen LogP contribution in [0.1, 0.15) is 37.1 Å². The second-order valence-corrected chi connectivity index (χ2v) is 11.6. The van der Waals surface area contributed by atoms with E-state index in [1.54, 1.807) is 23.4 Å². The Morgan fingerprint density at radius 2 is 1.95 bits per heavy atom. The Morgan fingerprint density at radius 1 is 1.16 bits per heavy atom. The van der Waals surface area contributed by atoms with Gasteiger partial charge in [0.15, 0.2) is 11.6 Å². The molecule has 1 aliphatic heterocycles. The molecule has 10 heteroatoms. The van der Waals surface area contributed by atoms with Crippen molar-refractivity contribution >= 4 is 29.1 Å². The van der Waals surface area contributed by atoms with Gasteiger partial charge < -0.3 is 25.3 Å². The first-order valence-electron chi connectivity index (χ1n) is 14.3. The van der Waals surface area contributed by atoms with Gasteiger partial charge in [0, 0.05) is 35.0 Å². The van der Waals surface area contributed by atoms with Crippen LogP contribution in [-0.4, -0.2) is 51.7 Å². The van der Waals surface area contributed by atoms with Gasteiger partial charge in [0.25, 0.3) is 0 Å². The number of H-pyrrole nitrogens is 1. The number of aromatic amines is 1. The third-order valence-electron chi connectivity index (χ3n) is 8.51. The average molecular weight is 586 g/mol. The number of pyridine rings is 1. The first-order chi connectivity index (χ1) is 20.6. The van der Waals surface area contributed by atoms with Gasteiger partial charge in [-0.2, -0.15) is 0 Å². The smallest absolute Gasteiger partial charge is 0.243 e. The van der Waals surface area contributed by atoms with Crippen molar-refractivity contribution in [3.8, 4) is 11.5 Å². The number of ether oxygens (including phenoxy) is 1. The first kappa shape index (κ1) is 29.8. The summed E-state index contributed by atoms with van der Waals surface area (Å²) in [6.07, 6.45) is 4.63. The Kier molecular flexibility index (Phi) is 8.47. The lowest BCUT2D eigenvalue weighted by atomic mass is 9.98. The van der Waals surface area contributed by atoms with Gasteiger partial charge in [-0.15, -0.1) is 0 Å². The Balaban J connectivity index is 0.000000196. The second kappa shape index (κ2) is 12.2. The van der Waals surface area contributed by atoms with Crippen LogP contribution in [0.2, 0.25) is 0 Å². The highest BCUT2D eigenvalue weighted by Crippen LogP contribution is 2.63. The number of aryl methyl sites for hydroxylation is 2. The molecule has 3 amide bonds. The Hall–Kier alpha value is -4.73. The van der Waals surface area contributed by atoms with E-state index in [9.17, 15) is 18.8 Å². The molecule has 43 heavy (non-hydrogen) atoms. The van der Waals surface area contributed by atoms with Crippen LogP contribution >= 0.6 is 0 Å². The number of nitrogens with zero attached hydrogens (tertiary/aromatic N) is 2. The van der Waals surface area contributed by atoms with Crippen LogP contribution in [-0.2, 0) is 20.9 Å². The van der Waals surface area contributed by atoms with E-state index >= 15 is 0 Å². The van der Waals surface area contributed by atoms with Crippen LogP contribution < -0.4 is 15.4 Å². The summed E-state index contributed by atoms with van der Waals surface area (Å²) >= 11 is 0. The number of likely N-dealkylation sites (tertiary alicyclic amines) is 1. The number of carbonyl (C=O) groups is 3. The number of rotatable bonds is 8. The van der Waals surface area contributed by atoms with E-state index in [1.807, 2.05) is 56.3 Å².